The fourth-order valence-corrected chi connectivity index (χ4v) is 2.50. The van der Waals surface area contributed by atoms with Crippen LogP contribution >= 0.6 is 0 Å². The third-order valence-corrected chi connectivity index (χ3v) is 3.59. The Balaban J connectivity index is 2.12. The van der Waals surface area contributed by atoms with Crippen LogP contribution in [0.3, 0.4) is 0 Å². The van der Waals surface area contributed by atoms with Gasteiger partial charge in [-0.15, -0.1) is 0 Å². The Kier molecular flexibility index (Phi) is 4.43. The lowest BCUT2D eigenvalue weighted by Gasteiger charge is -2.05. The quantitative estimate of drug-likeness (QED) is 0.575. The molecule has 0 aliphatic rings. The van der Waals surface area contributed by atoms with Crippen molar-refractivity contribution in [2.75, 3.05) is 7.11 Å². The van der Waals surface area contributed by atoms with Crippen molar-refractivity contribution in [3.8, 4) is 11.4 Å². The number of aromatic nitrogens is 2. The molecule has 0 fully saturated rings. The van der Waals surface area contributed by atoms with E-state index >= 15 is 0 Å². The van der Waals surface area contributed by atoms with Gasteiger partial charge >= 0.3 is 5.97 Å². The predicted octanol–water partition coefficient (Wildman–Crippen LogP) is 3.69. The molecule has 0 spiro atoms. The van der Waals surface area contributed by atoms with Crippen molar-refractivity contribution in [2.24, 2.45) is 0 Å². The van der Waals surface area contributed by atoms with E-state index in [9.17, 15) is 4.79 Å². The maximum absolute atomic E-state index is 10.5. The molecule has 3 aromatic rings. The van der Waals surface area contributed by atoms with Crippen LogP contribution in [0.5, 0.6) is 5.75 Å². The van der Waals surface area contributed by atoms with Crippen LogP contribution < -0.4 is 4.74 Å². The lowest BCUT2D eigenvalue weighted by atomic mass is 10.1. The van der Waals surface area contributed by atoms with Gasteiger partial charge in [0, 0.05) is 29.4 Å². The molecule has 0 atom stereocenters. The molecule has 24 heavy (non-hydrogen) atoms. The van der Waals surface area contributed by atoms with Crippen LogP contribution in [0, 0.1) is 0 Å². The molecule has 1 aromatic carbocycles. The molecule has 1 N–H and O–H groups in total. The number of carbonyl (C=O) groups is 1. The van der Waals surface area contributed by atoms with Gasteiger partial charge < -0.3 is 14.4 Å². The first-order valence-corrected chi connectivity index (χ1v) is 7.36. The average Bonchev–Trinajstić information content (AvgIpc) is 2.97. The van der Waals surface area contributed by atoms with Gasteiger partial charge in [-0.3, -0.25) is 4.98 Å². The Bertz CT molecular complexity index is 924. The topological polar surface area (TPSA) is 64.3 Å². The van der Waals surface area contributed by atoms with E-state index in [4.69, 9.17) is 9.84 Å². The maximum atomic E-state index is 10.5. The van der Waals surface area contributed by atoms with E-state index in [1.165, 1.54) is 6.08 Å². The smallest absolute Gasteiger partial charge is 0.328 e. The van der Waals surface area contributed by atoms with Crippen LogP contribution in [0.4, 0.5) is 0 Å². The van der Waals surface area contributed by atoms with E-state index in [0.29, 0.717) is 0 Å². The van der Waals surface area contributed by atoms with Gasteiger partial charge in [0.05, 0.1) is 24.5 Å². The summed E-state index contributed by atoms with van der Waals surface area (Å²) in [5.74, 6) is -0.207. The summed E-state index contributed by atoms with van der Waals surface area (Å²) < 4.78 is 7.36. The van der Waals surface area contributed by atoms with Crippen LogP contribution in [-0.2, 0) is 4.79 Å². The number of nitrogens with zero attached hydrogens (tertiary/aromatic N) is 2. The van der Waals surface area contributed by atoms with Crippen molar-refractivity contribution in [2.45, 2.75) is 0 Å². The Hall–Kier alpha value is -3.34. The second-order valence-corrected chi connectivity index (χ2v) is 5.11. The number of allylic oxidation sites excluding steroid dienone is 2. The first-order valence-electron chi connectivity index (χ1n) is 7.36. The van der Waals surface area contributed by atoms with Gasteiger partial charge in [0.1, 0.15) is 5.75 Å². The largest absolute Gasteiger partial charge is 0.497 e. The summed E-state index contributed by atoms with van der Waals surface area (Å²) in [4.78, 5) is 14.7. The summed E-state index contributed by atoms with van der Waals surface area (Å²) >= 11 is 0. The highest BCUT2D eigenvalue weighted by Crippen LogP contribution is 2.29. The van der Waals surface area contributed by atoms with Crippen LogP contribution in [0.2, 0.25) is 0 Å². The van der Waals surface area contributed by atoms with Crippen molar-refractivity contribution in [3.05, 3.63) is 72.7 Å². The van der Waals surface area contributed by atoms with E-state index in [2.05, 4.69) is 4.98 Å². The van der Waals surface area contributed by atoms with Gasteiger partial charge in [0.2, 0.25) is 0 Å². The van der Waals surface area contributed by atoms with Gasteiger partial charge in [0.25, 0.3) is 0 Å². The number of carboxylic acid groups (broad SMARTS) is 1. The van der Waals surface area contributed by atoms with Crippen molar-refractivity contribution in [1.29, 1.82) is 0 Å². The zero-order valence-electron chi connectivity index (χ0n) is 13.1. The highest BCUT2D eigenvalue weighted by Gasteiger charge is 2.09. The predicted molar refractivity (Wildman–Crippen MR) is 93.4 cm³/mol. The summed E-state index contributed by atoms with van der Waals surface area (Å²) in [5.41, 5.74) is 2.93. The zero-order valence-corrected chi connectivity index (χ0v) is 13.1. The molecule has 0 saturated heterocycles. The number of hydrogen-bond acceptors (Lipinski definition) is 3. The van der Waals surface area contributed by atoms with Crippen molar-refractivity contribution >= 4 is 22.9 Å². The minimum Gasteiger partial charge on any atom is -0.497 e. The summed E-state index contributed by atoms with van der Waals surface area (Å²) in [5, 5.41) is 9.67. The van der Waals surface area contributed by atoms with Gasteiger partial charge in [-0.05, 0) is 30.3 Å². The third-order valence-electron chi connectivity index (χ3n) is 3.59. The number of aliphatic carboxylic acids is 1. The van der Waals surface area contributed by atoms with E-state index in [-0.39, 0.29) is 0 Å². The number of benzene rings is 1. The van der Waals surface area contributed by atoms with Gasteiger partial charge in [-0.1, -0.05) is 18.2 Å². The summed E-state index contributed by atoms with van der Waals surface area (Å²) in [6, 6.07) is 9.73. The molecule has 2 aromatic heterocycles. The molecule has 0 saturated carbocycles. The zero-order chi connectivity index (χ0) is 16.9. The lowest BCUT2D eigenvalue weighted by molar-refractivity contribution is -0.131. The van der Waals surface area contributed by atoms with Crippen molar-refractivity contribution in [3.63, 3.8) is 0 Å². The summed E-state index contributed by atoms with van der Waals surface area (Å²) in [6.45, 7) is 0. The van der Waals surface area contributed by atoms with E-state index in [1.807, 2.05) is 47.2 Å². The van der Waals surface area contributed by atoms with Crippen molar-refractivity contribution < 1.29 is 14.6 Å². The number of pyridine rings is 1. The fourth-order valence-electron chi connectivity index (χ4n) is 2.50. The van der Waals surface area contributed by atoms with E-state index in [1.54, 1.807) is 25.6 Å². The Morgan fingerprint density at radius 3 is 2.88 bits per heavy atom. The van der Waals surface area contributed by atoms with E-state index < -0.39 is 5.97 Å². The van der Waals surface area contributed by atoms with Crippen LogP contribution in [0.25, 0.3) is 22.7 Å². The van der Waals surface area contributed by atoms with Crippen LogP contribution in [-0.4, -0.2) is 27.7 Å². The first kappa shape index (κ1) is 15.6. The molecule has 0 amide bonds. The molecule has 5 nitrogen and oxygen atoms in total. The molecule has 0 radical (unpaired) electrons. The minimum absolute atomic E-state index is 0.766. The Morgan fingerprint density at radius 1 is 1.29 bits per heavy atom. The third kappa shape index (κ3) is 3.20. The summed E-state index contributed by atoms with van der Waals surface area (Å²) in [6.07, 6.45) is 11.7. The van der Waals surface area contributed by atoms with Gasteiger partial charge in [-0.2, -0.15) is 0 Å². The molecular weight excluding hydrogens is 304 g/mol. The Morgan fingerprint density at radius 2 is 2.17 bits per heavy atom. The average molecular weight is 320 g/mol. The molecule has 0 unspecified atom stereocenters. The van der Waals surface area contributed by atoms with Crippen LogP contribution in [0.1, 0.15) is 5.56 Å². The number of fused-ring (bicyclic) bond motifs is 1. The molecule has 0 bridgehead atoms. The number of carboxylic acids is 1. The number of hydrogen-bond donors (Lipinski definition) is 1. The highest BCUT2D eigenvalue weighted by molar-refractivity contribution is 5.92. The monoisotopic (exact) mass is 320 g/mol. The highest BCUT2D eigenvalue weighted by atomic mass is 16.5. The molecule has 5 heteroatoms. The summed E-state index contributed by atoms with van der Waals surface area (Å²) in [7, 11) is 1.63. The van der Waals surface area contributed by atoms with E-state index in [0.717, 1.165) is 34.0 Å². The minimum atomic E-state index is -0.973. The molecule has 0 aliphatic heterocycles. The molecular formula is C19H16N2O3. The standard InChI is InChI=1S/C19H16N2O3/c1-24-16-8-9-18-17(11-16)14(5-2-3-7-19(22)23)13-21(18)15-6-4-10-20-12-15/h2-13H,1H3,(H,22,23)/b5-2+,7-3+. The maximum Gasteiger partial charge on any atom is 0.328 e. The lowest BCUT2D eigenvalue weighted by Crippen LogP contribution is -1.92. The SMILES string of the molecule is COc1ccc2c(c1)c(/C=C/C=C/C(=O)O)cn2-c1cccnc1. The molecule has 0 aliphatic carbocycles. The second kappa shape index (κ2) is 6.83. The molecule has 3 rings (SSSR count). The van der Waals surface area contributed by atoms with Gasteiger partial charge in [-0.25, -0.2) is 4.79 Å². The van der Waals surface area contributed by atoms with Crippen LogP contribution in [0.15, 0.2) is 67.2 Å². The Labute approximate surface area is 139 Å². The number of rotatable bonds is 5. The number of methoxy groups -OCH3 is 1. The van der Waals surface area contributed by atoms with Crippen molar-refractivity contribution in [1.82, 2.24) is 9.55 Å². The molecule has 120 valence electrons. The second-order valence-electron chi connectivity index (χ2n) is 5.11. The number of ether oxygens (including phenoxy) is 1. The van der Waals surface area contributed by atoms with Gasteiger partial charge in [0.15, 0.2) is 0 Å². The normalized spacial score (nSPS) is 11.5. The first-order chi connectivity index (χ1) is 11.7. The fraction of sp³-hybridized carbons (Fsp3) is 0.0526. The molecule has 2 heterocycles.